The molecular weight excluding hydrogens is 218 g/mol. The molecule has 1 saturated carbocycles. The average Bonchev–Trinajstić information content (AvgIpc) is 2.55. The number of thioether (sulfide) groups is 1. The van der Waals surface area contributed by atoms with Gasteiger partial charge in [-0.15, -0.1) is 0 Å². The molecule has 16 heavy (non-hydrogen) atoms. The molecule has 3 unspecified atom stereocenters. The quantitative estimate of drug-likeness (QED) is 0.770. The number of nitrogens with one attached hydrogen (secondary N) is 1. The Morgan fingerprint density at radius 2 is 1.94 bits per heavy atom. The highest BCUT2D eigenvalue weighted by Gasteiger charge is 2.26. The van der Waals surface area contributed by atoms with Gasteiger partial charge in [0.2, 0.25) is 0 Å². The Labute approximate surface area is 104 Å². The summed E-state index contributed by atoms with van der Waals surface area (Å²) in [5, 5.41) is 3.85. The van der Waals surface area contributed by atoms with E-state index in [0.717, 1.165) is 6.04 Å². The Hall–Kier alpha value is 0.270. The lowest BCUT2D eigenvalue weighted by molar-refractivity contribution is 0.0594. The van der Waals surface area contributed by atoms with E-state index in [1.54, 1.807) is 0 Å². The summed E-state index contributed by atoms with van der Waals surface area (Å²) in [6.45, 7) is 0. The van der Waals surface area contributed by atoms with Gasteiger partial charge in [-0.3, -0.25) is 0 Å². The molecule has 0 aromatic heterocycles. The summed E-state index contributed by atoms with van der Waals surface area (Å²) < 4.78 is 5.66. The van der Waals surface area contributed by atoms with Crippen LogP contribution in [0.5, 0.6) is 0 Å². The fraction of sp³-hybridized carbons (Fsp3) is 1.00. The van der Waals surface area contributed by atoms with Gasteiger partial charge in [0.05, 0.1) is 6.10 Å². The van der Waals surface area contributed by atoms with Gasteiger partial charge in [-0.2, -0.15) is 11.8 Å². The SMILES string of the molecule is COC1CCCCCC1NC1CCCSC1. The molecule has 2 fully saturated rings. The Morgan fingerprint density at radius 1 is 1.06 bits per heavy atom. The van der Waals surface area contributed by atoms with Crippen LogP contribution in [0.4, 0.5) is 0 Å². The molecule has 1 heterocycles. The van der Waals surface area contributed by atoms with Crippen molar-refractivity contribution in [2.24, 2.45) is 0 Å². The summed E-state index contributed by atoms with van der Waals surface area (Å²) >= 11 is 2.10. The molecular formula is C13H25NOS. The maximum atomic E-state index is 5.66. The van der Waals surface area contributed by atoms with Crippen molar-refractivity contribution in [3.8, 4) is 0 Å². The van der Waals surface area contributed by atoms with E-state index >= 15 is 0 Å². The van der Waals surface area contributed by atoms with Crippen molar-refractivity contribution in [2.75, 3.05) is 18.6 Å². The Balaban J connectivity index is 1.83. The Kier molecular flexibility index (Phi) is 5.46. The first-order chi connectivity index (χ1) is 7.90. The second kappa shape index (κ2) is 6.87. The van der Waals surface area contributed by atoms with Crippen LogP contribution in [0.1, 0.15) is 44.9 Å². The minimum absolute atomic E-state index is 0.453. The number of methoxy groups -OCH3 is 1. The molecule has 1 aliphatic heterocycles. The summed E-state index contributed by atoms with van der Waals surface area (Å²) in [7, 11) is 1.88. The molecule has 3 heteroatoms. The molecule has 0 aromatic carbocycles. The van der Waals surface area contributed by atoms with Gasteiger partial charge in [0.15, 0.2) is 0 Å². The molecule has 0 radical (unpaired) electrons. The number of hydrogen-bond acceptors (Lipinski definition) is 3. The van der Waals surface area contributed by atoms with Gasteiger partial charge in [0.25, 0.3) is 0 Å². The van der Waals surface area contributed by atoms with Crippen LogP contribution in [0.2, 0.25) is 0 Å². The second-order valence-corrected chi connectivity index (χ2v) is 6.25. The number of ether oxygens (including phenoxy) is 1. The zero-order chi connectivity index (χ0) is 11.2. The summed E-state index contributed by atoms with van der Waals surface area (Å²) in [5.41, 5.74) is 0. The van der Waals surface area contributed by atoms with Crippen LogP contribution in [0.25, 0.3) is 0 Å². The lowest BCUT2D eigenvalue weighted by atomic mass is 10.0. The van der Waals surface area contributed by atoms with E-state index in [1.165, 1.54) is 56.5 Å². The normalized spacial score (nSPS) is 36.9. The van der Waals surface area contributed by atoms with Crippen LogP contribution in [-0.4, -0.2) is 36.8 Å². The minimum Gasteiger partial charge on any atom is -0.380 e. The predicted molar refractivity (Wildman–Crippen MR) is 71.2 cm³/mol. The van der Waals surface area contributed by atoms with Crippen molar-refractivity contribution in [3.05, 3.63) is 0 Å². The summed E-state index contributed by atoms with van der Waals surface area (Å²) in [4.78, 5) is 0. The van der Waals surface area contributed by atoms with Crippen LogP contribution in [0.15, 0.2) is 0 Å². The van der Waals surface area contributed by atoms with E-state index in [1.807, 2.05) is 7.11 Å². The van der Waals surface area contributed by atoms with Gasteiger partial charge in [0, 0.05) is 24.9 Å². The monoisotopic (exact) mass is 243 g/mol. The highest BCUT2D eigenvalue weighted by Crippen LogP contribution is 2.23. The van der Waals surface area contributed by atoms with Crippen molar-refractivity contribution in [2.45, 2.75) is 63.1 Å². The molecule has 1 aliphatic carbocycles. The van der Waals surface area contributed by atoms with Crippen molar-refractivity contribution in [3.63, 3.8) is 0 Å². The van der Waals surface area contributed by atoms with E-state index in [-0.39, 0.29) is 0 Å². The third kappa shape index (κ3) is 3.64. The molecule has 2 nitrogen and oxygen atoms in total. The van der Waals surface area contributed by atoms with Crippen LogP contribution < -0.4 is 5.32 Å². The van der Waals surface area contributed by atoms with E-state index < -0.39 is 0 Å². The minimum atomic E-state index is 0.453. The predicted octanol–water partition coefficient (Wildman–Crippen LogP) is 2.82. The molecule has 0 bridgehead atoms. The second-order valence-electron chi connectivity index (χ2n) is 5.10. The van der Waals surface area contributed by atoms with Crippen LogP contribution in [0.3, 0.4) is 0 Å². The molecule has 1 N–H and O–H groups in total. The van der Waals surface area contributed by atoms with Gasteiger partial charge >= 0.3 is 0 Å². The zero-order valence-corrected chi connectivity index (χ0v) is 11.2. The molecule has 0 amide bonds. The number of hydrogen-bond donors (Lipinski definition) is 1. The molecule has 0 spiro atoms. The molecule has 1 saturated heterocycles. The fourth-order valence-corrected chi connectivity index (χ4v) is 4.01. The first-order valence-corrected chi connectivity index (χ1v) is 7.92. The Morgan fingerprint density at radius 3 is 2.69 bits per heavy atom. The smallest absolute Gasteiger partial charge is 0.0724 e. The van der Waals surface area contributed by atoms with E-state index in [0.29, 0.717) is 12.1 Å². The lowest BCUT2D eigenvalue weighted by Crippen LogP contribution is -2.47. The van der Waals surface area contributed by atoms with E-state index in [4.69, 9.17) is 4.74 Å². The summed E-state index contributed by atoms with van der Waals surface area (Å²) in [6, 6.07) is 1.34. The van der Waals surface area contributed by atoms with Crippen molar-refractivity contribution in [1.82, 2.24) is 5.32 Å². The van der Waals surface area contributed by atoms with Gasteiger partial charge in [-0.05, 0) is 31.4 Å². The van der Waals surface area contributed by atoms with Gasteiger partial charge in [-0.1, -0.05) is 19.3 Å². The van der Waals surface area contributed by atoms with Crippen LogP contribution in [-0.2, 0) is 4.74 Å². The van der Waals surface area contributed by atoms with Crippen molar-refractivity contribution < 1.29 is 4.74 Å². The maximum Gasteiger partial charge on any atom is 0.0724 e. The van der Waals surface area contributed by atoms with Gasteiger partial charge < -0.3 is 10.1 Å². The highest BCUT2D eigenvalue weighted by molar-refractivity contribution is 7.99. The first-order valence-electron chi connectivity index (χ1n) is 6.76. The van der Waals surface area contributed by atoms with Crippen LogP contribution >= 0.6 is 11.8 Å². The molecule has 3 atom stereocenters. The molecule has 2 rings (SSSR count). The largest absolute Gasteiger partial charge is 0.380 e. The Bertz CT molecular complexity index is 194. The lowest BCUT2D eigenvalue weighted by Gasteiger charge is -2.31. The third-order valence-corrected chi connectivity index (χ3v) is 5.08. The number of rotatable bonds is 3. The van der Waals surface area contributed by atoms with Gasteiger partial charge in [-0.25, -0.2) is 0 Å². The van der Waals surface area contributed by atoms with E-state index in [9.17, 15) is 0 Å². The molecule has 0 aromatic rings. The van der Waals surface area contributed by atoms with E-state index in [2.05, 4.69) is 17.1 Å². The third-order valence-electron chi connectivity index (χ3n) is 3.87. The molecule has 2 aliphatic rings. The fourth-order valence-electron chi connectivity index (χ4n) is 2.92. The van der Waals surface area contributed by atoms with Crippen molar-refractivity contribution in [1.29, 1.82) is 0 Å². The van der Waals surface area contributed by atoms with Crippen LogP contribution in [0, 0.1) is 0 Å². The topological polar surface area (TPSA) is 21.3 Å². The molecule has 94 valence electrons. The first kappa shape index (κ1) is 12.7. The van der Waals surface area contributed by atoms with Crippen molar-refractivity contribution >= 4 is 11.8 Å². The standard InChI is InChI=1S/C13H25NOS/c1-15-13-8-4-2-3-7-12(13)14-11-6-5-9-16-10-11/h11-14H,2-10H2,1H3. The van der Waals surface area contributed by atoms with Gasteiger partial charge in [0.1, 0.15) is 0 Å². The average molecular weight is 243 g/mol. The highest BCUT2D eigenvalue weighted by atomic mass is 32.2. The maximum absolute atomic E-state index is 5.66. The zero-order valence-electron chi connectivity index (χ0n) is 10.4. The summed E-state index contributed by atoms with van der Waals surface area (Å²) in [6.07, 6.45) is 9.85. The summed E-state index contributed by atoms with van der Waals surface area (Å²) in [5.74, 6) is 2.66.